The molecule has 0 aliphatic carbocycles. The van der Waals surface area contributed by atoms with E-state index in [1.165, 1.54) is 11.3 Å². The van der Waals surface area contributed by atoms with Crippen LogP contribution in [0.3, 0.4) is 0 Å². The van der Waals surface area contributed by atoms with E-state index >= 15 is 0 Å². The van der Waals surface area contributed by atoms with Gasteiger partial charge in [0.05, 0.1) is 32.3 Å². The summed E-state index contributed by atoms with van der Waals surface area (Å²) in [7, 11) is 0. The predicted molar refractivity (Wildman–Crippen MR) is 142 cm³/mol. The van der Waals surface area contributed by atoms with Gasteiger partial charge in [-0.15, -0.1) is 11.3 Å². The molecule has 1 amide bonds. The first kappa shape index (κ1) is 23.9. The molecule has 0 bridgehead atoms. The van der Waals surface area contributed by atoms with Crippen molar-refractivity contribution >= 4 is 34.8 Å². The van der Waals surface area contributed by atoms with Crippen LogP contribution in [-0.2, 0) is 4.74 Å². The lowest BCUT2D eigenvalue weighted by molar-refractivity contribution is 0.0395. The lowest BCUT2D eigenvalue weighted by Gasteiger charge is -2.25. The van der Waals surface area contributed by atoms with E-state index in [9.17, 15) is 4.79 Å². The Labute approximate surface area is 212 Å². The van der Waals surface area contributed by atoms with Crippen LogP contribution < -0.4 is 11.1 Å². The SMILES string of the molecule is Nc1cc(-c2ccoc2)c(NC(=O)c2csc(-c3cccnc3)n2)cc1C=NCCN1CCOCC1. The number of amides is 1. The number of nitrogens with zero attached hydrogens (tertiary/aromatic N) is 4. The second-order valence-electron chi connectivity index (χ2n) is 8.26. The molecular weight excluding hydrogens is 476 g/mol. The maximum atomic E-state index is 13.1. The number of carbonyl (C=O) groups is 1. The van der Waals surface area contributed by atoms with Gasteiger partial charge in [-0.3, -0.25) is 19.7 Å². The highest BCUT2D eigenvalue weighted by Crippen LogP contribution is 2.33. The third-order valence-electron chi connectivity index (χ3n) is 5.83. The number of anilines is 2. The minimum Gasteiger partial charge on any atom is -0.472 e. The lowest BCUT2D eigenvalue weighted by atomic mass is 10.0. The van der Waals surface area contributed by atoms with Crippen LogP contribution in [0.2, 0.25) is 0 Å². The average molecular weight is 503 g/mol. The highest BCUT2D eigenvalue weighted by Gasteiger charge is 2.17. The topological polar surface area (TPSA) is 119 Å². The maximum Gasteiger partial charge on any atom is 0.275 e. The van der Waals surface area contributed by atoms with E-state index in [-0.39, 0.29) is 5.91 Å². The summed E-state index contributed by atoms with van der Waals surface area (Å²) in [6, 6.07) is 9.24. The minimum absolute atomic E-state index is 0.314. The zero-order chi connectivity index (χ0) is 24.7. The molecule has 4 heterocycles. The molecular formula is C26H26N6O3S. The largest absolute Gasteiger partial charge is 0.472 e. The lowest BCUT2D eigenvalue weighted by Crippen LogP contribution is -2.37. The Morgan fingerprint density at radius 3 is 2.92 bits per heavy atom. The number of furan rings is 1. The van der Waals surface area contributed by atoms with Crippen LogP contribution in [0.25, 0.3) is 21.7 Å². The molecule has 0 atom stereocenters. The number of pyridine rings is 1. The summed E-state index contributed by atoms with van der Waals surface area (Å²) in [6.07, 6.45) is 8.38. The number of hydrogen-bond acceptors (Lipinski definition) is 9. The Morgan fingerprint density at radius 1 is 1.25 bits per heavy atom. The van der Waals surface area contributed by atoms with Gasteiger partial charge in [-0.1, -0.05) is 0 Å². The Hall–Kier alpha value is -3.86. The molecule has 184 valence electrons. The van der Waals surface area contributed by atoms with Gasteiger partial charge in [0.1, 0.15) is 10.7 Å². The molecule has 4 aromatic rings. The van der Waals surface area contributed by atoms with Gasteiger partial charge in [-0.25, -0.2) is 4.98 Å². The van der Waals surface area contributed by atoms with E-state index < -0.39 is 0 Å². The molecule has 36 heavy (non-hydrogen) atoms. The molecule has 0 saturated carbocycles. The second kappa shape index (κ2) is 11.3. The van der Waals surface area contributed by atoms with Crippen molar-refractivity contribution in [3.8, 4) is 21.7 Å². The molecule has 1 aromatic carbocycles. The number of nitrogen functional groups attached to an aromatic ring is 1. The molecule has 1 fully saturated rings. The number of benzene rings is 1. The molecule has 0 radical (unpaired) electrons. The predicted octanol–water partition coefficient (Wildman–Crippen LogP) is 4.05. The van der Waals surface area contributed by atoms with E-state index in [1.807, 2.05) is 30.3 Å². The standard InChI is InChI=1S/C26H26N6O3S/c27-22-13-21(19-3-9-35-16-19)23(12-20(22)15-29-5-6-32-7-10-34-11-8-32)30-25(33)24-17-36-26(31-24)18-2-1-4-28-14-18/h1-4,9,12-17H,5-8,10-11,27H2,(H,30,33). The van der Waals surface area contributed by atoms with Crippen molar-refractivity contribution in [3.05, 3.63) is 71.9 Å². The molecule has 10 heteroatoms. The van der Waals surface area contributed by atoms with Gasteiger partial charge in [0.25, 0.3) is 5.91 Å². The number of morpholine rings is 1. The quantitative estimate of drug-likeness (QED) is 0.276. The number of aromatic nitrogens is 2. The van der Waals surface area contributed by atoms with Gasteiger partial charge in [0.15, 0.2) is 0 Å². The van der Waals surface area contributed by atoms with Crippen molar-refractivity contribution in [2.75, 3.05) is 50.4 Å². The van der Waals surface area contributed by atoms with Gasteiger partial charge >= 0.3 is 0 Å². The van der Waals surface area contributed by atoms with Crippen molar-refractivity contribution in [3.63, 3.8) is 0 Å². The van der Waals surface area contributed by atoms with Crippen LogP contribution in [0.5, 0.6) is 0 Å². The highest BCUT2D eigenvalue weighted by atomic mass is 32.1. The van der Waals surface area contributed by atoms with E-state index in [0.717, 1.165) is 60.1 Å². The monoisotopic (exact) mass is 502 g/mol. The number of carbonyl (C=O) groups excluding carboxylic acids is 1. The summed E-state index contributed by atoms with van der Waals surface area (Å²) in [6.45, 7) is 4.88. The van der Waals surface area contributed by atoms with Crippen LogP contribution in [0, 0.1) is 0 Å². The second-order valence-corrected chi connectivity index (χ2v) is 9.12. The summed E-state index contributed by atoms with van der Waals surface area (Å²) in [5, 5.41) is 5.47. The number of ether oxygens (including phenoxy) is 1. The maximum absolute atomic E-state index is 13.1. The smallest absolute Gasteiger partial charge is 0.275 e. The number of nitrogens with one attached hydrogen (secondary N) is 1. The Bertz CT molecular complexity index is 1330. The summed E-state index contributed by atoms with van der Waals surface area (Å²) in [5.41, 5.74) is 11.0. The molecule has 1 aliphatic heterocycles. The first-order chi connectivity index (χ1) is 17.7. The van der Waals surface area contributed by atoms with Crippen molar-refractivity contribution in [2.24, 2.45) is 4.99 Å². The van der Waals surface area contributed by atoms with Crippen molar-refractivity contribution in [2.45, 2.75) is 0 Å². The fourth-order valence-electron chi connectivity index (χ4n) is 3.88. The average Bonchev–Trinajstić information content (AvgIpc) is 3.62. The number of thiazole rings is 1. The van der Waals surface area contributed by atoms with Crippen LogP contribution in [0.1, 0.15) is 16.1 Å². The van der Waals surface area contributed by atoms with Crippen molar-refractivity contribution in [1.82, 2.24) is 14.9 Å². The summed E-state index contributed by atoms with van der Waals surface area (Å²) < 4.78 is 10.7. The molecule has 5 rings (SSSR count). The molecule has 0 unspecified atom stereocenters. The molecule has 3 N–H and O–H groups in total. The van der Waals surface area contributed by atoms with E-state index in [0.29, 0.717) is 23.6 Å². The molecule has 9 nitrogen and oxygen atoms in total. The van der Waals surface area contributed by atoms with Gasteiger partial charge in [-0.2, -0.15) is 0 Å². The summed E-state index contributed by atoms with van der Waals surface area (Å²) in [5.74, 6) is -0.314. The van der Waals surface area contributed by atoms with E-state index in [4.69, 9.17) is 14.9 Å². The normalized spacial score (nSPS) is 14.3. The molecule has 1 aliphatic rings. The van der Waals surface area contributed by atoms with Crippen LogP contribution >= 0.6 is 11.3 Å². The number of rotatable bonds is 8. The van der Waals surface area contributed by atoms with Crippen LogP contribution in [0.4, 0.5) is 11.4 Å². The number of hydrogen-bond donors (Lipinski definition) is 2. The Kier molecular flexibility index (Phi) is 7.46. The van der Waals surface area contributed by atoms with E-state index in [1.54, 1.807) is 36.5 Å². The fraction of sp³-hybridized carbons (Fsp3) is 0.231. The zero-order valence-electron chi connectivity index (χ0n) is 19.6. The third kappa shape index (κ3) is 5.68. The first-order valence-corrected chi connectivity index (χ1v) is 12.5. The summed E-state index contributed by atoms with van der Waals surface area (Å²) in [4.78, 5) is 28.6. The number of nitrogens with two attached hydrogens (primary N) is 1. The van der Waals surface area contributed by atoms with Gasteiger partial charge in [-0.05, 0) is 30.3 Å². The molecule has 1 saturated heterocycles. The van der Waals surface area contributed by atoms with Gasteiger partial charge in [0.2, 0.25) is 0 Å². The zero-order valence-corrected chi connectivity index (χ0v) is 20.4. The van der Waals surface area contributed by atoms with Crippen molar-refractivity contribution in [1.29, 1.82) is 0 Å². The molecule has 0 spiro atoms. The Morgan fingerprint density at radius 2 is 2.14 bits per heavy atom. The third-order valence-corrected chi connectivity index (χ3v) is 6.72. The van der Waals surface area contributed by atoms with Crippen molar-refractivity contribution < 1.29 is 13.9 Å². The minimum atomic E-state index is -0.314. The molecule has 3 aromatic heterocycles. The Balaban J connectivity index is 1.35. The van der Waals surface area contributed by atoms with Gasteiger partial charge < -0.3 is 20.2 Å². The summed E-state index contributed by atoms with van der Waals surface area (Å²) >= 11 is 1.39. The first-order valence-electron chi connectivity index (χ1n) is 11.6. The number of aliphatic imine (C=N–C) groups is 1. The highest BCUT2D eigenvalue weighted by molar-refractivity contribution is 7.13. The van der Waals surface area contributed by atoms with E-state index in [2.05, 4.69) is 25.2 Å². The van der Waals surface area contributed by atoms with Gasteiger partial charge in [0, 0.05) is 77.3 Å². The van der Waals surface area contributed by atoms with Crippen LogP contribution in [0.15, 0.2) is 70.0 Å². The fourth-order valence-corrected chi connectivity index (χ4v) is 4.67. The van der Waals surface area contributed by atoms with Crippen LogP contribution in [-0.4, -0.2) is 66.4 Å².